The van der Waals surface area contributed by atoms with Crippen molar-refractivity contribution in [3.63, 3.8) is 0 Å². The Hall–Kier alpha value is -4.48. The zero-order valence-electron chi connectivity index (χ0n) is 30.2. The smallest absolute Gasteiger partial charge is 0.237 e. The summed E-state index contributed by atoms with van der Waals surface area (Å²) in [6.07, 6.45) is -0.555. The predicted octanol–water partition coefficient (Wildman–Crippen LogP) is 4.33. The molecule has 1 saturated heterocycles. The lowest BCUT2D eigenvalue weighted by Crippen LogP contribution is -2.52. The molecule has 1 aliphatic carbocycles. The number of aliphatic hydroxyl groups is 3. The predicted molar refractivity (Wildman–Crippen MR) is 200 cm³/mol. The highest BCUT2D eigenvalue weighted by Crippen LogP contribution is 2.33. The highest BCUT2D eigenvalue weighted by atomic mass is 16.5. The zero-order chi connectivity index (χ0) is 36.8. The first-order valence-electron chi connectivity index (χ1n) is 18.3. The molecule has 6 rings (SSSR count). The second kappa shape index (κ2) is 16.5. The Balaban J connectivity index is 1.10. The van der Waals surface area contributed by atoms with Gasteiger partial charge < -0.3 is 35.4 Å². The van der Waals surface area contributed by atoms with Gasteiger partial charge in [-0.05, 0) is 85.3 Å². The molecule has 276 valence electrons. The Kier molecular flexibility index (Phi) is 11.8. The Bertz CT molecular complexity index is 1820. The van der Waals surface area contributed by atoms with Crippen LogP contribution in [0.15, 0.2) is 91.0 Å². The molecule has 4 aromatic carbocycles. The van der Waals surface area contributed by atoms with Crippen LogP contribution in [0, 0.1) is 5.92 Å². The van der Waals surface area contributed by atoms with E-state index in [1.165, 1.54) is 0 Å². The minimum atomic E-state index is -0.998. The standard InChI is InChI=1S/C42H51N3O7/c1-42(2,3)45-26-35(52-34-17-14-28-8-4-5-9-29(28)22-34)24-37(45)41(50)43-25-32(47)21-31(20-27-12-15-33(16-13-27)51-19-18-46)40(49)44-39-36-11-7-6-10-30(36)23-38(39)48/h4-17,22,31-32,35,37-39,46-48H,18-21,23-26H2,1-3H3,(H,43,50)(H,44,49)/t31-,32+,35+,37?,38-,39+/m1/s1. The average Bonchev–Trinajstić information content (AvgIpc) is 3.70. The fraction of sp³-hybridized carbons (Fsp3) is 0.429. The third-order valence-corrected chi connectivity index (χ3v) is 10.2. The van der Waals surface area contributed by atoms with Crippen LogP contribution in [-0.4, -0.2) is 88.2 Å². The van der Waals surface area contributed by atoms with Gasteiger partial charge >= 0.3 is 0 Å². The summed E-state index contributed by atoms with van der Waals surface area (Å²) in [5.41, 5.74) is 2.46. The van der Waals surface area contributed by atoms with Crippen molar-refractivity contribution in [2.75, 3.05) is 26.3 Å². The van der Waals surface area contributed by atoms with Gasteiger partial charge in [0.2, 0.25) is 11.8 Å². The molecule has 1 fully saturated rings. The van der Waals surface area contributed by atoms with Crippen molar-refractivity contribution in [2.24, 2.45) is 5.92 Å². The molecule has 6 atom stereocenters. The van der Waals surface area contributed by atoms with Crippen LogP contribution >= 0.6 is 0 Å². The van der Waals surface area contributed by atoms with Gasteiger partial charge in [-0.25, -0.2) is 0 Å². The summed E-state index contributed by atoms with van der Waals surface area (Å²) in [5, 5.41) is 39.4. The lowest BCUT2D eigenvalue weighted by atomic mass is 9.92. The van der Waals surface area contributed by atoms with E-state index >= 15 is 0 Å². The van der Waals surface area contributed by atoms with Gasteiger partial charge in [0.05, 0.1) is 30.9 Å². The maximum atomic E-state index is 13.9. The highest BCUT2D eigenvalue weighted by Gasteiger charge is 2.43. The number of aliphatic hydroxyl groups excluding tert-OH is 3. The number of nitrogens with one attached hydrogen (secondary N) is 2. The number of hydrogen-bond acceptors (Lipinski definition) is 8. The third-order valence-electron chi connectivity index (χ3n) is 10.2. The topological polar surface area (TPSA) is 141 Å². The number of benzene rings is 4. The SMILES string of the molecule is CC(C)(C)N1C[C@@H](Oc2ccc3ccccc3c2)CC1C(=O)NC[C@@H](O)C[C@@H](Cc1ccc(OCCO)cc1)C(=O)N[C@H]1c2ccccc2C[C@H]1O. The van der Waals surface area contributed by atoms with Gasteiger partial charge in [0.25, 0.3) is 0 Å². The first kappa shape index (κ1) is 37.3. The number of likely N-dealkylation sites (tertiary alicyclic amines) is 1. The van der Waals surface area contributed by atoms with E-state index in [1.54, 1.807) is 12.1 Å². The molecule has 0 spiro atoms. The first-order chi connectivity index (χ1) is 25.0. The van der Waals surface area contributed by atoms with Crippen LogP contribution in [0.2, 0.25) is 0 Å². The summed E-state index contributed by atoms with van der Waals surface area (Å²) >= 11 is 0. The van der Waals surface area contributed by atoms with Gasteiger partial charge in [-0.15, -0.1) is 0 Å². The van der Waals surface area contributed by atoms with Crippen molar-refractivity contribution >= 4 is 22.6 Å². The lowest BCUT2D eigenvalue weighted by Gasteiger charge is -2.36. The van der Waals surface area contributed by atoms with Crippen molar-refractivity contribution in [1.29, 1.82) is 0 Å². The fourth-order valence-electron chi connectivity index (χ4n) is 7.53. The number of amides is 2. The van der Waals surface area contributed by atoms with E-state index in [1.807, 2.05) is 66.7 Å². The second-order valence-electron chi connectivity index (χ2n) is 15.0. The molecule has 1 aliphatic heterocycles. The molecular weight excluding hydrogens is 658 g/mol. The Morgan fingerprint density at radius 3 is 2.40 bits per heavy atom. The average molecular weight is 710 g/mol. The highest BCUT2D eigenvalue weighted by molar-refractivity contribution is 5.84. The summed E-state index contributed by atoms with van der Waals surface area (Å²) < 4.78 is 11.9. The number of nitrogens with zero attached hydrogens (tertiary/aromatic N) is 1. The van der Waals surface area contributed by atoms with Crippen molar-refractivity contribution in [3.8, 4) is 11.5 Å². The molecular formula is C42H51N3O7. The number of carbonyl (C=O) groups is 2. The summed E-state index contributed by atoms with van der Waals surface area (Å²) in [6, 6.07) is 28.1. The minimum Gasteiger partial charge on any atom is -0.491 e. The van der Waals surface area contributed by atoms with Gasteiger partial charge in [-0.1, -0.05) is 66.7 Å². The molecule has 52 heavy (non-hydrogen) atoms. The van der Waals surface area contributed by atoms with Gasteiger partial charge in [0, 0.05) is 37.4 Å². The molecule has 10 nitrogen and oxygen atoms in total. The first-order valence-corrected chi connectivity index (χ1v) is 18.3. The van der Waals surface area contributed by atoms with Crippen LogP contribution in [0.1, 0.15) is 56.3 Å². The van der Waals surface area contributed by atoms with Crippen molar-refractivity contribution in [2.45, 2.75) is 82.4 Å². The van der Waals surface area contributed by atoms with Gasteiger partial charge in [0.15, 0.2) is 0 Å². The normalized spacial score (nSPS) is 21.3. The third kappa shape index (κ3) is 9.11. The number of rotatable bonds is 14. The Morgan fingerprint density at radius 2 is 1.65 bits per heavy atom. The Labute approximate surface area is 305 Å². The van der Waals surface area contributed by atoms with Crippen LogP contribution in [0.4, 0.5) is 0 Å². The van der Waals surface area contributed by atoms with E-state index in [0.29, 0.717) is 31.6 Å². The van der Waals surface area contributed by atoms with Crippen LogP contribution in [0.5, 0.6) is 11.5 Å². The fourth-order valence-corrected chi connectivity index (χ4v) is 7.53. The number of fused-ring (bicyclic) bond motifs is 2. The van der Waals surface area contributed by atoms with Gasteiger partial charge in [-0.3, -0.25) is 14.5 Å². The molecule has 2 amide bonds. The van der Waals surface area contributed by atoms with Crippen molar-refractivity contribution in [1.82, 2.24) is 15.5 Å². The molecule has 0 radical (unpaired) electrons. The van der Waals surface area contributed by atoms with E-state index in [4.69, 9.17) is 14.6 Å². The van der Waals surface area contributed by atoms with Gasteiger partial charge in [-0.2, -0.15) is 0 Å². The molecule has 0 saturated carbocycles. The van der Waals surface area contributed by atoms with E-state index in [-0.39, 0.29) is 49.6 Å². The minimum absolute atomic E-state index is 0.0177. The van der Waals surface area contributed by atoms with Gasteiger partial charge in [0.1, 0.15) is 24.2 Å². The van der Waals surface area contributed by atoms with E-state index in [9.17, 15) is 19.8 Å². The molecule has 1 unspecified atom stereocenters. The lowest BCUT2D eigenvalue weighted by molar-refractivity contribution is -0.128. The summed E-state index contributed by atoms with van der Waals surface area (Å²) in [5.74, 6) is 0.250. The molecule has 0 aromatic heterocycles. The molecule has 2 aliphatic rings. The van der Waals surface area contributed by atoms with E-state index in [2.05, 4.69) is 48.4 Å². The van der Waals surface area contributed by atoms with Crippen molar-refractivity contribution < 1.29 is 34.4 Å². The largest absolute Gasteiger partial charge is 0.491 e. The van der Waals surface area contributed by atoms with Crippen LogP contribution in [-0.2, 0) is 22.4 Å². The maximum Gasteiger partial charge on any atom is 0.237 e. The summed E-state index contributed by atoms with van der Waals surface area (Å²) in [6.45, 7) is 6.89. The van der Waals surface area contributed by atoms with Crippen molar-refractivity contribution in [3.05, 3.63) is 108 Å². The van der Waals surface area contributed by atoms with E-state index < -0.39 is 30.2 Å². The number of ether oxygens (including phenoxy) is 2. The summed E-state index contributed by atoms with van der Waals surface area (Å²) in [7, 11) is 0. The Morgan fingerprint density at radius 1 is 0.942 bits per heavy atom. The van der Waals surface area contributed by atoms with E-state index in [0.717, 1.165) is 33.2 Å². The molecule has 4 aromatic rings. The molecule has 10 heteroatoms. The molecule has 0 bridgehead atoms. The zero-order valence-corrected chi connectivity index (χ0v) is 30.2. The number of carbonyl (C=O) groups excluding carboxylic acids is 2. The maximum absolute atomic E-state index is 13.9. The molecule has 5 N–H and O–H groups in total. The quantitative estimate of drug-likeness (QED) is 0.130. The number of hydrogen-bond donors (Lipinski definition) is 5. The second-order valence-corrected chi connectivity index (χ2v) is 15.0. The monoisotopic (exact) mass is 709 g/mol. The van der Waals surface area contributed by atoms with Crippen LogP contribution in [0.25, 0.3) is 10.8 Å². The summed E-state index contributed by atoms with van der Waals surface area (Å²) in [4.78, 5) is 29.7. The molecule has 1 heterocycles. The van der Waals surface area contributed by atoms with Crippen LogP contribution in [0.3, 0.4) is 0 Å². The van der Waals surface area contributed by atoms with Crippen LogP contribution < -0.4 is 20.1 Å².